The van der Waals surface area contributed by atoms with Crippen LogP contribution in [0.3, 0.4) is 0 Å². The number of benzene rings is 4. The summed E-state index contributed by atoms with van der Waals surface area (Å²) < 4.78 is 120. The second kappa shape index (κ2) is 20.6. The van der Waals surface area contributed by atoms with Crippen molar-refractivity contribution in [2.24, 2.45) is 0 Å². The fourth-order valence-corrected chi connectivity index (χ4v) is 5.70. The number of carbonyl (C=O) groups excluding carboxylic acids is 2. The SMILES string of the molecule is OB(O)c1ccc(OC(F)(F)F)cc1.[2H]C1([2H])Oc2ccc(-c3ccc(OC)cc3)cc2C(=O)N(Cc2ncccn2)C1([2H])[2H].[2H]C1([2H])Oc2ccc(Br)cc2C(=O)N(Cc2ncccn2)C1([2H])[2H]. The van der Waals surface area contributed by atoms with Crippen molar-refractivity contribution in [1.82, 2.24) is 29.7 Å². The van der Waals surface area contributed by atoms with E-state index in [2.05, 4.69) is 40.6 Å². The Labute approximate surface area is 368 Å². The Morgan fingerprint density at radius 3 is 1.69 bits per heavy atom. The lowest BCUT2D eigenvalue weighted by atomic mass is 9.80. The van der Waals surface area contributed by atoms with Gasteiger partial charge in [0, 0.05) is 29.3 Å². The highest BCUT2D eigenvalue weighted by Gasteiger charge is 2.31. The fourth-order valence-electron chi connectivity index (χ4n) is 5.34. The normalized spacial score (nSPS) is 18.5. The molecule has 0 fully saturated rings. The third-order valence-corrected chi connectivity index (χ3v) is 8.72. The van der Waals surface area contributed by atoms with Gasteiger partial charge in [-0.05, 0) is 83.3 Å². The average Bonchev–Trinajstić information content (AvgIpc) is 3.39. The minimum absolute atomic E-state index is 0.0199. The maximum atomic E-state index is 13.4. The van der Waals surface area contributed by atoms with Crippen LogP contribution >= 0.6 is 15.9 Å². The number of halogens is 4. The van der Waals surface area contributed by atoms with E-state index >= 15 is 0 Å². The van der Waals surface area contributed by atoms with Gasteiger partial charge in [-0.3, -0.25) is 9.59 Å². The Morgan fingerprint density at radius 2 is 1.20 bits per heavy atom. The molecular formula is C42H37BBrF3N6O8. The molecule has 0 aliphatic carbocycles. The third kappa shape index (κ3) is 12.5. The summed E-state index contributed by atoms with van der Waals surface area (Å²) in [7, 11) is -0.129. The monoisotopic (exact) mass is 908 g/mol. The Kier molecular flexibility index (Phi) is 11.5. The molecular weight excluding hydrogens is 864 g/mol. The van der Waals surface area contributed by atoms with E-state index in [4.69, 9.17) is 35.2 Å². The van der Waals surface area contributed by atoms with Crippen molar-refractivity contribution in [3.05, 3.63) is 149 Å². The van der Waals surface area contributed by atoms with E-state index in [0.717, 1.165) is 39.6 Å². The lowest BCUT2D eigenvalue weighted by Gasteiger charge is -2.19. The number of methoxy groups -OCH3 is 1. The van der Waals surface area contributed by atoms with Gasteiger partial charge < -0.3 is 38.8 Å². The molecule has 4 aromatic carbocycles. The number of rotatable bonds is 8. The van der Waals surface area contributed by atoms with Crippen LogP contribution in [-0.4, -0.2) is 98.3 Å². The van der Waals surface area contributed by atoms with Crippen molar-refractivity contribution in [1.29, 1.82) is 0 Å². The predicted octanol–water partition coefficient (Wildman–Crippen LogP) is 5.73. The molecule has 0 spiro atoms. The molecule has 0 unspecified atom stereocenters. The van der Waals surface area contributed by atoms with Gasteiger partial charge in [0.1, 0.15) is 47.8 Å². The second-order valence-electron chi connectivity index (χ2n) is 12.3. The minimum atomic E-state index is -4.74. The van der Waals surface area contributed by atoms with Crippen molar-refractivity contribution in [3.63, 3.8) is 0 Å². The largest absolute Gasteiger partial charge is 0.573 e. The van der Waals surface area contributed by atoms with E-state index in [1.165, 1.54) is 43.0 Å². The van der Waals surface area contributed by atoms with Gasteiger partial charge >= 0.3 is 13.5 Å². The van der Waals surface area contributed by atoms with E-state index in [1.54, 1.807) is 49.6 Å². The van der Waals surface area contributed by atoms with Gasteiger partial charge in [-0.15, -0.1) is 13.2 Å². The van der Waals surface area contributed by atoms with Crippen LogP contribution in [0.15, 0.2) is 126 Å². The molecule has 2 aromatic heterocycles. The number of aromatic nitrogens is 4. The molecule has 0 radical (unpaired) electrons. The first-order chi connectivity index (χ1) is 32.3. The van der Waals surface area contributed by atoms with Crippen molar-refractivity contribution in [2.75, 3.05) is 33.2 Å². The van der Waals surface area contributed by atoms with E-state index in [-0.39, 0.29) is 52.8 Å². The van der Waals surface area contributed by atoms with Crippen molar-refractivity contribution in [2.45, 2.75) is 19.5 Å². The molecule has 0 saturated carbocycles. The number of fused-ring (bicyclic) bond motifs is 2. The zero-order valence-electron chi connectivity index (χ0n) is 39.6. The molecule has 4 heterocycles. The lowest BCUT2D eigenvalue weighted by molar-refractivity contribution is -0.274. The molecule has 0 saturated heterocycles. The molecule has 314 valence electrons. The first-order valence-electron chi connectivity index (χ1n) is 21.7. The van der Waals surface area contributed by atoms with Crippen LogP contribution in [0.4, 0.5) is 13.2 Å². The van der Waals surface area contributed by atoms with Gasteiger partial charge in [0.25, 0.3) is 11.8 Å². The molecule has 2 N–H and O–H groups in total. The number of hydrogen-bond acceptors (Lipinski definition) is 12. The van der Waals surface area contributed by atoms with Gasteiger partial charge in [-0.1, -0.05) is 46.3 Å². The van der Waals surface area contributed by atoms with Crippen LogP contribution in [0.5, 0.6) is 23.0 Å². The first kappa shape index (κ1) is 34.2. The van der Waals surface area contributed by atoms with Crippen LogP contribution in [-0.2, 0) is 13.1 Å². The van der Waals surface area contributed by atoms with Crippen LogP contribution in [0.25, 0.3) is 11.1 Å². The summed E-state index contributed by atoms with van der Waals surface area (Å²) in [6.45, 7) is -11.7. The van der Waals surface area contributed by atoms with Gasteiger partial charge in [-0.25, -0.2) is 19.9 Å². The molecule has 0 atom stereocenters. The van der Waals surface area contributed by atoms with Gasteiger partial charge in [-0.2, -0.15) is 0 Å². The highest BCUT2D eigenvalue weighted by Crippen LogP contribution is 2.31. The molecule has 6 aromatic rings. The number of hydrogen-bond donors (Lipinski definition) is 2. The maximum absolute atomic E-state index is 13.4. The number of amides is 2. The zero-order chi connectivity index (χ0) is 50.5. The highest BCUT2D eigenvalue weighted by molar-refractivity contribution is 9.10. The van der Waals surface area contributed by atoms with E-state index in [9.17, 15) is 22.8 Å². The van der Waals surface area contributed by atoms with Crippen LogP contribution in [0.1, 0.15) is 43.3 Å². The van der Waals surface area contributed by atoms with E-state index in [1.807, 2.05) is 12.1 Å². The standard InChI is InChI=1S/C21H19N3O3.C14H12BrN3O2.C7H6BF3O3/c1-26-17-6-3-15(4-7-17)16-5-8-19-18(13-16)21(25)24(11-12-27-19)14-20-22-9-2-10-23-20;15-10-2-3-12-11(8-10)14(19)18(6-7-20-12)9-13-16-4-1-5-17-13;9-7(10,11)14-6-3-1-5(2-4-6)8(12)13/h2-10,13H,11-12,14H2,1H3;1-5,8H,6-7,9H2;1-4,12-13H/i11D2,12D2;6D2,7D2;. The molecule has 19 heteroatoms. The number of carbonyl (C=O) groups is 2. The summed E-state index contributed by atoms with van der Waals surface area (Å²) in [4.78, 5) is 43.8. The Bertz CT molecular complexity index is 2760. The van der Waals surface area contributed by atoms with Crippen molar-refractivity contribution < 1.29 is 62.7 Å². The summed E-state index contributed by atoms with van der Waals surface area (Å²) in [5.41, 5.74) is 1.71. The van der Waals surface area contributed by atoms with E-state index < -0.39 is 57.2 Å². The molecule has 61 heavy (non-hydrogen) atoms. The minimum Gasteiger partial charge on any atom is -0.497 e. The topological polar surface area (TPSA) is 170 Å². The first-order valence-corrected chi connectivity index (χ1v) is 18.5. The smallest absolute Gasteiger partial charge is 0.497 e. The van der Waals surface area contributed by atoms with Crippen LogP contribution in [0.2, 0.25) is 0 Å². The Balaban J connectivity index is 0.000000183. The highest BCUT2D eigenvalue weighted by atomic mass is 79.9. The quantitative estimate of drug-likeness (QED) is 0.178. The third-order valence-electron chi connectivity index (χ3n) is 8.23. The molecule has 2 amide bonds. The van der Waals surface area contributed by atoms with Crippen LogP contribution < -0.4 is 24.4 Å². The Morgan fingerprint density at radius 1 is 0.721 bits per heavy atom. The van der Waals surface area contributed by atoms with Gasteiger partial charge in [0.15, 0.2) is 0 Å². The summed E-state index contributed by atoms with van der Waals surface area (Å²) in [6.07, 6.45) is 1.15. The second-order valence-corrected chi connectivity index (χ2v) is 13.2. The lowest BCUT2D eigenvalue weighted by Crippen LogP contribution is -2.32. The summed E-state index contributed by atoms with van der Waals surface area (Å²) >= 11 is 3.25. The van der Waals surface area contributed by atoms with Crippen molar-refractivity contribution >= 4 is 40.3 Å². The van der Waals surface area contributed by atoms with Crippen LogP contribution in [0, 0.1) is 0 Å². The maximum Gasteiger partial charge on any atom is 0.573 e. The Hall–Kier alpha value is -6.57. The molecule has 8 rings (SSSR count). The van der Waals surface area contributed by atoms with E-state index in [0.29, 0.717) is 15.8 Å². The van der Waals surface area contributed by atoms with Crippen molar-refractivity contribution in [3.8, 4) is 34.1 Å². The zero-order valence-corrected chi connectivity index (χ0v) is 33.2. The fraction of sp³-hybridized carbons (Fsp3) is 0.190. The number of alkyl halides is 3. The predicted molar refractivity (Wildman–Crippen MR) is 220 cm³/mol. The summed E-state index contributed by atoms with van der Waals surface area (Å²) in [5, 5.41) is 17.3. The summed E-state index contributed by atoms with van der Waals surface area (Å²) in [5.74, 6) is -0.806. The molecule has 2 aliphatic rings. The van der Waals surface area contributed by atoms with Gasteiger partial charge in [0.05, 0.1) is 55.3 Å². The average molecular weight is 910 g/mol. The molecule has 0 bridgehead atoms. The number of nitrogens with zero attached hydrogens (tertiary/aromatic N) is 6. The summed E-state index contributed by atoms with van der Waals surface area (Å²) in [6, 6.07) is 23.9. The number of ether oxygens (including phenoxy) is 4. The molecule has 2 aliphatic heterocycles. The molecule has 14 nitrogen and oxygen atoms in total. The van der Waals surface area contributed by atoms with Gasteiger partial charge in [0.2, 0.25) is 0 Å².